The quantitative estimate of drug-likeness (QED) is 0.715. The summed E-state index contributed by atoms with van der Waals surface area (Å²) < 4.78 is 0. The van der Waals surface area contributed by atoms with E-state index in [4.69, 9.17) is 0 Å². The lowest BCUT2D eigenvalue weighted by Gasteiger charge is -2.09. The van der Waals surface area contributed by atoms with E-state index in [1.165, 1.54) is 10.9 Å². The maximum absolute atomic E-state index is 4.61. The van der Waals surface area contributed by atoms with Gasteiger partial charge in [-0.25, -0.2) is 0 Å². The predicted octanol–water partition coefficient (Wildman–Crippen LogP) is 3.63. The van der Waals surface area contributed by atoms with Crippen LogP contribution in [0, 0.1) is 6.92 Å². The average Bonchev–Trinajstić information content (AvgIpc) is 2.34. The number of pyridine rings is 1. The van der Waals surface area contributed by atoms with Gasteiger partial charge in [0.15, 0.2) is 0 Å². The van der Waals surface area contributed by atoms with Crippen molar-refractivity contribution in [2.75, 3.05) is 7.05 Å². The van der Waals surface area contributed by atoms with Crippen LogP contribution >= 0.6 is 0 Å². The minimum absolute atomic E-state index is 1.02. The number of para-hydroxylation sites is 1. The number of benzene rings is 1. The van der Waals surface area contributed by atoms with Crippen LogP contribution in [0.1, 0.15) is 23.7 Å². The summed E-state index contributed by atoms with van der Waals surface area (Å²) in [7, 11) is 1.79. The summed E-state index contributed by atoms with van der Waals surface area (Å²) in [6.07, 6.45) is 6.05. The monoisotopic (exact) mass is 224 g/mol. The van der Waals surface area contributed by atoms with Crippen molar-refractivity contribution in [1.29, 1.82) is 0 Å². The number of allylic oxidation sites excluding steroid dienone is 1. The molecule has 0 spiro atoms. The largest absolute Gasteiger partial charge is 0.296 e. The fourth-order valence-electron chi connectivity index (χ4n) is 2.02. The predicted molar refractivity (Wildman–Crippen MR) is 74.7 cm³/mol. The number of aryl methyl sites for hydroxylation is 1. The van der Waals surface area contributed by atoms with Gasteiger partial charge in [0, 0.05) is 29.9 Å². The molecule has 0 fully saturated rings. The van der Waals surface area contributed by atoms with E-state index in [-0.39, 0.29) is 0 Å². The average molecular weight is 224 g/mol. The third-order valence-corrected chi connectivity index (χ3v) is 2.75. The molecule has 1 aromatic carbocycles. The van der Waals surface area contributed by atoms with Crippen molar-refractivity contribution in [3.05, 3.63) is 47.2 Å². The summed E-state index contributed by atoms with van der Waals surface area (Å²) in [4.78, 5) is 8.73. The van der Waals surface area contributed by atoms with Crippen LogP contribution < -0.4 is 0 Å². The molecular weight excluding hydrogens is 208 g/mol. The van der Waals surface area contributed by atoms with Gasteiger partial charge in [-0.15, -0.1) is 0 Å². The van der Waals surface area contributed by atoms with Crippen molar-refractivity contribution in [2.45, 2.75) is 13.8 Å². The van der Waals surface area contributed by atoms with Crippen LogP contribution in [-0.4, -0.2) is 18.2 Å². The summed E-state index contributed by atoms with van der Waals surface area (Å²) in [6, 6.07) is 8.20. The molecule has 17 heavy (non-hydrogen) atoms. The van der Waals surface area contributed by atoms with E-state index in [1.807, 2.05) is 44.3 Å². The van der Waals surface area contributed by atoms with Crippen molar-refractivity contribution in [2.24, 2.45) is 4.99 Å². The molecule has 0 N–H and O–H groups in total. The molecule has 86 valence electrons. The van der Waals surface area contributed by atoms with Gasteiger partial charge in [0.2, 0.25) is 0 Å². The Kier molecular flexibility index (Phi) is 3.33. The molecule has 2 heteroatoms. The molecule has 0 unspecified atom stereocenters. The molecule has 2 aromatic rings. The minimum Gasteiger partial charge on any atom is -0.296 e. The van der Waals surface area contributed by atoms with Gasteiger partial charge in [0.05, 0.1) is 5.52 Å². The summed E-state index contributed by atoms with van der Waals surface area (Å²) in [5, 5.41) is 1.17. The van der Waals surface area contributed by atoms with Crippen LogP contribution in [-0.2, 0) is 0 Å². The highest BCUT2D eigenvalue weighted by atomic mass is 14.7. The number of aromatic nitrogens is 1. The van der Waals surface area contributed by atoms with Crippen molar-refractivity contribution < 1.29 is 0 Å². The highest BCUT2D eigenvalue weighted by Gasteiger charge is 2.07. The van der Waals surface area contributed by atoms with Gasteiger partial charge in [-0.3, -0.25) is 9.98 Å². The van der Waals surface area contributed by atoms with Gasteiger partial charge < -0.3 is 0 Å². The number of aliphatic imine (C=N–C) groups is 1. The zero-order valence-corrected chi connectivity index (χ0v) is 10.4. The molecule has 0 radical (unpaired) electrons. The first-order valence-electron chi connectivity index (χ1n) is 5.72. The van der Waals surface area contributed by atoms with E-state index in [9.17, 15) is 0 Å². The molecule has 0 amide bonds. The van der Waals surface area contributed by atoms with E-state index in [0.717, 1.165) is 16.8 Å². The molecule has 0 aliphatic heterocycles. The van der Waals surface area contributed by atoms with E-state index in [0.29, 0.717) is 0 Å². The molecule has 1 heterocycles. The lowest BCUT2D eigenvalue weighted by molar-refractivity contribution is 1.24. The Hall–Kier alpha value is -1.96. The van der Waals surface area contributed by atoms with Crippen LogP contribution in [0.2, 0.25) is 0 Å². The Morgan fingerprint density at radius 2 is 1.94 bits per heavy atom. The fourth-order valence-corrected chi connectivity index (χ4v) is 2.02. The van der Waals surface area contributed by atoms with Crippen molar-refractivity contribution >= 4 is 23.2 Å². The van der Waals surface area contributed by atoms with Gasteiger partial charge in [-0.05, 0) is 25.5 Å². The van der Waals surface area contributed by atoms with Crippen molar-refractivity contribution in [3.8, 4) is 0 Å². The molecule has 0 aliphatic rings. The molecule has 0 bridgehead atoms. The maximum Gasteiger partial charge on any atom is 0.0711 e. The summed E-state index contributed by atoms with van der Waals surface area (Å²) in [5.41, 5.74) is 4.35. The molecule has 2 rings (SSSR count). The second-order valence-electron chi connectivity index (χ2n) is 3.93. The van der Waals surface area contributed by atoms with Crippen LogP contribution in [0.25, 0.3) is 17.0 Å². The van der Waals surface area contributed by atoms with E-state index in [1.54, 1.807) is 7.05 Å². The van der Waals surface area contributed by atoms with Gasteiger partial charge >= 0.3 is 0 Å². The number of fused-ring (bicyclic) bond motifs is 1. The fraction of sp³-hybridized carbons (Fsp3) is 0.200. The van der Waals surface area contributed by atoms with Crippen LogP contribution in [0.4, 0.5) is 0 Å². The van der Waals surface area contributed by atoms with Crippen LogP contribution in [0.3, 0.4) is 0 Å². The highest BCUT2D eigenvalue weighted by molar-refractivity contribution is 5.98. The number of nitrogens with zero attached hydrogens (tertiary/aromatic N) is 2. The Bertz CT molecular complexity index is 595. The molecular formula is C15H16N2. The molecule has 2 nitrogen and oxygen atoms in total. The molecule has 0 atom stereocenters. The topological polar surface area (TPSA) is 25.2 Å². The maximum atomic E-state index is 4.61. The van der Waals surface area contributed by atoms with Gasteiger partial charge in [-0.2, -0.15) is 0 Å². The zero-order valence-electron chi connectivity index (χ0n) is 10.4. The first kappa shape index (κ1) is 11.5. The minimum atomic E-state index is 1.02. The summed E-state index contributed by atoms with van der Waals surface area (Å²) in [5.74, 6) is 0. The Labute approximate surface area is 102 Å². The van der Waals surface area contributed by atoms with Crippen LogP contribution in [0.5, 0.6) is 0 Å². The number of hydrogen-bond acceptors (Lipinski definition) is 2. The number of hydrogen-bond donors (Lipinski definition) is 0. The van der Waals surface area contributed by atoms with Gasteiger partial charge in [0.25, 0.3) is 0 Å². The SMILES string of the molecule is C/C=C\c1c(C=NC)c(C)nc2ccccc12. The second-order valence-corrected chi connectivity index (χ2v) is 3.93. The summed E-state index contributed by atoms with van der Waals surface area (Å²) in [6.45, 7) is 4.05. The Balaban J connectivity index is 2.88. The van der Waals surface area contributed by atoms with E-state index in [2.05, 4.69) is 22.1 Å². The lowest BCUT2D eigenvalue weighted by atomic mass is 10.0. The van der Waals surface area contributed by atoms with E-state index < -0.39 is 0 Å². The first-order chi connectivity index (χ1) is 8.27. The molecule has 0 saturated heterocycles. The van der Waals surface area contributed by atoms with Gasteiger partial charge in [-0.1, -0.05) is 30.4 Å². The summed E-state index contributed by atoms with van der Waals surface area (Å²) >= 11 is 0. The Morgan fingerprint density at radius 3 is 2.65 bits per heavy atom. The highest BCUT2D eigenvalue weighted by Crippen LogP contribution is 2.23. The van der Waals surface area contributed by atoms with Crippen molar-refractivity contribution in [3.63, 3.8) is 0 Å². The van der Waals surface area contributed by atoms with E-state index >= 15 is 0 Å². The van der Waals surface area contributed by atoms with Crippen LogP contribution in [0.15, 0.2) is 35.3 Å². The normalized spacial score (nSPS) is 11.9. The smallest absolute Gasteiger partial charge is 0.0711 e. The zero-order chi connectivity index (χ0) is 12.3. The third kappa shape index (κ3) is 2.11. The first-order valence-corrected chi connectivity index (χ1v) is 5.72. The number of rotatable bonds is 2. The van der Waals surface area contributed by atoms with Gasteiger partial charge in [0.1, 0.15) is 0 Å². The van der Waals surface area contributed by atoms with Crippen molar-refractivity contribution in [1.82, 2.24) is 4.98 Å². The lowest BCUT2D eigenvalue weighted by Crippen LogP contribution is -1.97. The molecule has 0 aliphatic carbocycles. The Morgan fingerprint density at radius 1 is 1.18 bits per heavy atom. The standard InChI is InChI=1S/C15H16N2/c1-4-7-12-13-8-5-6-9-15(13)17-11(2)14(12)10-16-3/h4-10H,1-3H3/b7-4-,16-10?. The molecule has 0 saturated carbocycles. The molecule has 1 aromatic heterocycles. The second kappa shape index (κ2) is 4.91. The third-order valence-electron chi connectivity index (χ3n) is 2.75.